The van der Waals surface area contributed by atoms with Gasteiger partial charge in [0, 0.05) is 10.3 Å². The molecule has 2 aromatic carbocycles. The number of hydrogen-bond donors (Lipinski definition) is 2. The molecule has 162 valence electrons. The Balaban J connectivity index is 1.65. The molecule has 9 heteroatoms. The van der Waals surface area contributed by atoms with Crippen molar-refractivity contribution in [1.29, 1.82) is 0 Å². The van der Waals surface area contributed by atoms with Crippen LogP contribution in [0.2, 0.25) is 5.02 Å². The molecule has 31 heavy (non-hydrogen) atoms. The van der Waals surface area contributed by atoms with Crippen molar-refractivity contribution < 1.29 is 23.1 Å². The van der Waals surface area contributed by atoms with Gasteiger partial charge in [0.15, 0.2) is 0 Å². The Morgan fingerprint density at radius 3 is 2.52 bits per heavy atom. The van der Waals surface area contributed by atoms with Crippen LogP contribution in [0.3, 0.4) is 0 Å². The third kappa shape index (κ3) is 3.63. The van der Waals surface area contributed by atoms with Gasteiger partial charge in [0.05, 0.1) is 12.1 Å². The minimum Gasteiger partial charge on any atom is -0.495 e. The molecule has 0 radical (unpaired) electrons. The van der Waals surface area contributed by atoms with E-state index >= 15 is 0 Å². The molecule has 1 heterocycles. The SMILES string of the molecule is COc1cc(-c2ccc(S(=O)(=O)N[C@@]3(C(=O)O)C[C@]3(C)c3ccccc3)s2)ccc1Cl. The molecule has 0 bridgehead atoms. The summed E-state index contributed by atoms with van der Waals surface area (Å²) in [6, 6.07) is 17.4. The summed E-state index contributed by atoms with van der Waals surface area (Å²) >= 11 is 7.12. The highest BCUT2D eigenvalue weighted by molar-refractivity contribution is 7.91. The Morgan fingerprint density at radius 1 is 1.16 bits per heavy atom. The number of rotatable bonds is 7. The zero-order valence-electron chi connectivity index (χ0n) is 16.8. The van der Waals surface area contributed by atoms with Gasteiger partial charge in [0.2, 0.25) is 0 Å². The number of carbonyl (C=O) groups is 1. The summed E-state index contributed by atoms with van der Waals surface area (Å²) in [4.78, 5) is 12.9. The summed E-state index contributed by atoms with van der Waals surface area (Å²) in [6.07, 6.45) is 0.172. The number of ether oxygens (including phenoxy) is 1. The second-order valence-corrected chi connectivity index (χ2v) is 11.1. The lowest BCUT2D eigenvalue weighted by atomic mass is 9.93. The number of hydrogen-bond acceptors (Lipinski definition) is 5. The van der Waals surface area contributed by atoms with Crippen LogP contribution in [0, 0.1) is 0 Å². The number of methoxy groups -OCH3 is 1. The van der Waals surface area contributed by atoms with E-state index in [-0.39, 0.29) is 10.6 Å². The second kappa shape index (κ2) is 7.63. The third-order valence-corrected chi connectivity index (χ3v) is 9.23. The molecule has 3 aromatic rings. The van der Waals surface area contributed by atoms with Crippen LogP contribution in [0.15, 0.2) is 64.9 Å². The topological polar surface area (TPSA) is 92.7 Å². The van der Waals surface area contributed by atoms with Gasteiger partial charge < -0.3 is 9.84 Å². The van der Waals surface area contributed by atoms with Gasteiger partial charge >= 0.3 is 5.97 Å². The number of sulfonamides is 1. The number of aliphatic carboxylic acids is 1. The van der Waals surface area contributed by atoms with Crippen LogP contribution in [0.5, 0.6) is 5.75 Å². The highest BCUT2D eigenvalue weighted by atomic mass is 35.5. The van der Waals surface area contributed by atoms with Crippen molar-refractivity contribution in [3.05, 3.63) is 71.2 Å². The molecule has 0 aliphatic heterocycles. The van der Waals surface area contributed by atoms with Gasteiger partial charge in [-0.1, -0.05) is 54.9 Å². The number of benzene rings is 2. The predicted molar refractivity (Wildman–Crippen MR) is 120 cm³/mol. The summed E-state index contributed by atoms with van der Waals surface area (Å²) in [7, 11) is -2.56. The van der Waals surface area contributed by atoms with Crippen molar-refractivity contribution in [1.82, 2.24) is 4.72 Å². The van der Waals surface area contributed by atoms with Gasteiger partial charge in [0.25, 0.3) is 10.0 Å². The number of carboxylic acid groups (broad SMARTS) is 1. The summed E-state index contributed by atoms with van der Waals surface area (Å²) in [5.74, 6) is -0.710. The molecule has 1 fully saturated rings. The first kappa shape index (κ1) is 21.8. The Kier molecular flexibility index (Phi) is 5.37. The third-order valence-electron chi connectivity index (χ3n) is 5.80. The highest BCUT2D eigenvalue weighted by Crippen LogP contribution is 2.58. The maximum absolute atomic E-state index is 13.1. The number of nitrogens with one attached hydrogen (secondary N) is 1. The Hall–Kier alpha value is -2.39. The van der Waals surface area contributed by atoms with E-state index in [1.54, 1.807) is 31.2 Å². The number of carboxylic acids is 1. The van der Waals surface area contributed by atoms with Crippen molar-refractivity contribution >= 4 is 38.9 Å². The van der Waals surface area contributed by atoms with Crippen LogP contribution in [0.1, 0.15) is 18.9 Å². The summed E-state index contributed by atoms with van der Waals surface area (Å²) in [5, 5.41) is 10.4. The fourth-order valence-electron chi connectivity index (χ4n) is 3.86. The van der Waals surface area contributed by atoms with E-state index in [9.17, 15) is 18.3 Å². The van der Waals surface area contributed by atoms with Crippen LogP contribution in [-0.4, -0.2) is 32.1 Å². The highest BCUT2D eigenvalue weighted by Gasteiger charge is 2.72. The summed E-state index contributed by atoms with van der Waals surface area (Å²) in [6.45, 7) is 1.76. The second-order valence-electron chi connectivity index (χ2n) is 7.66. The summed E-state index contributed by atoms with van der Waals surface area (Å²) in [5.41, 5.74) is -0.904. The Labute approximate surface area is 189 Å². The van der Waals surface area contributed by atoms with Crippen molar-refractivity contribution in [2.24, 2.45) is 0 Å². The minimum absolute atomic E-state index is 0.0411. The molecule has 0 amide bonds. The zero-order valence-corrected chi connectivity index (χ0v) is 19.1. The first-order valence-corrected chi connectivity index (χ1v) is 12.1. The molecule has 0 spiro atoms. The fourth-order valence-corrected chi connectivity index (χ4v) is 6.81. The Morgan fingerprint density at radius 2 is 1.87 bits per heavy atom. The van der Waals surface area contributed by atoms with Crippen molar-refractivity contribution in [3.8, 4) is 16.2 Å². The van der Waals surface area contributed by atoms with Crippen LogP contribution in [0.25, 0.3) is 10.4 Å². The number of thiophene rings is 1. The maximum atomic E-state index is 13.1. The van der Waals surface area contributed by atoms with Gasteiger partial charge in [-0.25, -0.2) is 8.42 Å². The standard InChI is InChI=1S/C22H20ClNO5S2/c1-21(15-6-4-3-5-7-15)13-22(21,20(25)26)24-31(27,28)19-11-10-18(30-19)14-8-9-16(23)17(12-14)29-2/h3-12,24H,13H2,1-2H3,(H,25,26)/t21-,22-/m1/s1. The van der Waals surface area contributed by atoms with E-state index in [2.05, 4.69) is 4.72 Å². The molecule has 4 rings (SSSR count). The Bertz CT molecular complexity index is 1260. The monoisotopic (exact) mass is 477 g/mol. The van der Waals surface area contributed by atoms with Gasteiger partial charge in [0.1, 0.15) is 15.5 Å². The lowest BCUT2D eigenvalue weighted by Gasteiger charge is -2.20. The maximum Gasteiger partial charge on any atom is 0.325 e. The van der Waals surface area contributed by atoms with Gasteiger partial charge in [-0.3, -0.25) is 4.79 Å². The van der Waals surface area contributed by atoms with Crippen LogP contribution in [-0.2, 0) is 20.2 Å². The molecule has 1 aliphatic rings. The van der Waals surface area contributed by atoms with Crippen molar-refractivity contribution in [3.63, 3.8) is 0 Å². The first-order valence-electron chi connectivity index (χ1n) is 9.40. The van der Waals surface area contributed by atoms with Crippen molar-refractivity contribution in [2.75, 3.05) is 7.11 Å². The van der Waals surface area contributed by atoms with E-state index in [1.807, 2.05) is 30.3 Å². The average Bonchev–Trinajstić information content (AvgIpc) is 3.11. The van der Waals surface area contributed by atoms with Crippen LogP contribution < -0.4 is 9.46 Å². The summed E-state index contributed by atoms with van der Waals surface area (Å²) < 4.78 is 34.0. The molecule has 1 saturated carbocycles. The quantitative estimate of drug-likeness (QED) is 0.521. The lowest BCUT2D eigenvalue weighted by molar-refractivity contribution is -0.140. The van der Waals surface area contributed by atoms with Crippen LogP contribution in [0.4, 0.5) is 0 Å². The van der Waals surface area contributed by atoms with Crippen molar-refractivity contribution in [2.45, 2.75) is 28.5 Å². The molecule has 2 atom stereocenters. The van der Waals surface area contributed by atoms with E-state index < -0.39 is 26.9 Å². The smallest absolute Gasteiger partial charge is 0.325 e. The number of halogens is 1. The molecule has 1 aromatic heterocycles. The largest absolute Gasteiger partial charge is 0.495 e. The molecular formula is C22H20ClNO5S2. The zero-order chi connectivity index (χ0) is 22.4. The normalized spacial score (nSPS) is 22.8. The lowest BCUT2D eigenvalue weighted by Crippen LogP contribution is -2.47. The molecule has 6 nitrogen and oxygen atoms in total. The van der Waals surface area contributed by atoms with E-state index in [1.165, 1.54) is 13.2 Å². The first-order chi connectivity index (χ1) is 14.6. The molecular weight excluding hydrogens is 458 g/mol. The van der Waals surface area contributed by atoms with Crippen LogP contribution >= 0.6 is 22.9 Å². The fraction of sp³-hybridized carbons (Fsp3) is 0.227. The van der Waals surface area contributed by atoms with Gasteiger partial charge in [-0.2, -0.15) is 4.72 Å². The van der Waals surface area contributed by atoms with E-state index in [0.29, 0.717) is 15.6 Å². The molecule has 0 saturated heterocycles. The van der Waals surface area contributed by atoms with Gasteiger partial charge in [-0.15, -0.1) is 11.3 Å². The van der Waals surface area contributed by atoms with Gasteiger partial charge in [-0.05, 0) is 41.8 Å². The minimum atomic E-state index is -4.06. The average molecular weight is 478 g/mol. The molecule has 0 unspecified atom stereocenters. The van der Waals surface area contributed by atoms with E-state index in [0.717, 1.165) is 22.5 Å². The molecule has 2 N–H and O–H groups in total. The van der Waals surface area contributed by atoms with E-state index in [4.69, 9.17) is 16.3 Å². The molecule has 1 aliphatic carbocycles. The predicted octanol–water partition coefficient (Wildman–Crippen LogP) is 4.54.